The number of hydrogen-bond donors (Lipinski definition) is 1. The second-order valence-electron chi connectivity index (χ2n) is 7.25. The van der Waals surface area contributed by atoms with E-state index in [1.54, 1.807) is 0 Å². The molecule has 0 aliphatic carbocycles. The van der Waals surface area contributed by atoms with Gasteiger partial charge in [0.2, 0.25) is 0 Å². The molecule has 1 aromatic carbocycles. The molecular weight excluding hydrogens is 256 g/mol. The van der Waals surface area contributed by atoms with E-state index in [2.05, 4.69) is 55.6 Å². The van der Waals surface area contributed by atoms with Gasteiger partial charge >= 0.3 is 0 Å². The Morgan fingerprint density at radius 3 is 2.29 bits per heavy atom. The Balaban J connectivity index is 2.20. The summed E-state index contributed by atoms with van der Waals surface area (Å²) in [7, 11) is 0. The topological polar surface area (TPSA) is 35.8 Å². The van der Waals surface area contributed by atoms with Gasteiger partial charge in [0, 0.05) is 5.54 Å². The molecule has 2 heteroatoms. The van der Waals surface area contributed by atoms with Gasteiger partial charge in [0.05, 0.1) is 11.5 Å². The molecule has 0 atom stereocenters. The lowest BCUT2D eigenvalue weighted by atomic mass is 9.89. The molecule has 1 aromatic rings. The average Bonchev–Trinajstić information content (AvgIpc) is 2.46. The number of aryl methyl sites for hydroxylation is 1. The van der Waals surface area contributed by atoms with Crippen molar-refractivity contribution in [2.45, 2.75) is 65.3 Å². The molecular formula is C19H30N2. The maximum absolute atomic E-state index is 8.99. The molecule has 0 saturated heterocycles. The van der Waals surface area contributed by atoms with Crippen LogP contribution in [-0.4, -0.2) is 12.1 Å². The second-order valence-corrected chi connectivity index (χ2v) is 7.25. The van der Waals surface area contributed by atoms with Gasteiger partial charge in [0.15, 0.2) is 0 Å². The van der Waals surface area contributed by atoms with Crippen LogP contribution in [0.5, 0.6) is 0 Å². The molecule has 0 unspecified atom stereocenters. The average molecular weight is 286 g/mol. The normalized spacial score (nSPS) is 12.1. The quantitative estimate of drug-likeness (QED) is 0.667. The predicted octanol–water partition coefficient (Wildman–Crippen LogP) is 4.71. The lowest BCUT2D eigenvalue weighted by Crippen LogP contribution is -2.40. The SMILES string of the molecule is CC(C)(C#N)CCCCNC(C)(C)CCc1ccccc1. The van der Waals surface area contributed by atoms with Crippen molar-refractivity contribution in [3.05, 3.63) is 35.9 Å². The Bertz CT molecular complexity index is 440. The van der Waals surface area contributed by atoms with Gasteiger partial charge in [-0.2, -0.15) is 5.26 Å². The minimum atomic E-state index is -0.178. The fourth-order valence-corrected chi connectivity index (χ4v) is 2.36. The van der Waals surface area contributed by atoms with E-state index >= 15 is 0 Å². The summed E-state index contributed by atoms with van der Waals surface area (Å²) in [4.78, 5) is 0. The molecule has 0 heterocycles. The van der Waals surface area contributed by atoms with Gasteiger partial charge in [-0.05, 0) is 65.5 Å². The zero-order valence-electron chi connectivity index (χ0n) is 14.1. The van der Waals surface area contributed by atoms with Gasteiger partial charge in [0.1, 0.15) is 0 Å². The Kier molecular flexibility index (Phi) is 6.92. The number of nitriles is 1. The number of nitrogens with zero attached hydrogens (tertiary/aromatic N) is 1. The number of unbranched alkanes of at least 4 members (excludes halogenated alkanes) is 1. The lowest BCUT2D eigenvalue weighted by molar-refractivity contribution is 0.349. The van der Waals surface area contributed by atoms with E-state index in [1.165, 1.54) is 5.56 Å². The van der Waals surface area contributed by atoms with Crippen molar-refractivity contribution in [1.82, 2.24) is 5.32 Å². The molecule has 0 fully saturated rings. The summed E-state index contributed by atoms with van der Waals surface area (Å²) in [6.45, 7) is 9.61. The van der Waals surface area contributed by atoms with Crippen molar-refractivity contribution in [2.24, 2.45) is 5.41 Å². The molecule has 1 rings (SSSR count). The van der Waals surface area contributed by atoms with Crippen molar-refractivity contribution in [3.63, 3.8) is 0 Å². The molecule has 0 aliphatic rings. The molecule has 1 N–H and O–H groups in total. The minimum absolute atomic E-state index is 0.167. The van der Waals surface area contributed by atoms with E-state index < -0.39 is 0 Å². The van der Waals surface area contributed by atoms with Crippen LogP contribution in [0.4, 0.5) is 0 Å². The predicted molar refractivity (Wildman–Crippen MR) is 90.1 cm³/mol. The minimum Gasteiger partial charge on any atom is -0.312 e. The number of rotatable bonds is 9. The molecule has 0 radical (unpaired) electrons. The monoisotopic (exact) mass is 286 g/mol. The Morgan fingerprint density at radius 1 is 1.00 bits per heavy atom. The van der Waals surface area contributed by atoms with Crippen molar-refractivity contribution in [1.29, 1.82) is 5.26 Å². The Labute approximate surface area is 130 Å². The van der Waals surface area contributed by atoms with Crippen molar-refractivity contribution < 1.29 is 0 Å². The molecule has 0 spiro atoms. The lowest BCUT2D eigenvalue weighted by Gasteiger charge is -2.27. The molecule has 0 aromatic heterocycles. The molecule has 2 nitrogen and oxygen atoms in total. The van der Waals surface area contributed by atoms with Crippen molar-refractivity contribution in [2.75, 3.05) is 6.54 Å². The van der Waals surface area contributed by atoms with Crippen LogP contribution >= 0.6 is 0 Å². The molecule has 0 bridgehead atoms. The van der Waals surface area contributed by atoms with E-state index in [9.17, 15) is 0 Å². The first-order valence-electron chi connectivity index (χ1n) is 8.05. The van der Waals surface area contributed by atoms with Gasteiger partial charge in [-0.1, -0.05) is 36.8 Å². The first-order valence-corrected chi connectivity index (χ1v) is 8.05. The van der Waals surface area contributed by atoms with Crippen LogP contribution < -0.4 is 5.32 Å². The summed E-state index contributed by atoms with van der Waals surface area (Å²) < 4.78 is 0. The van der Waals surface area contributed by atoms with Gasteiger partial charge in [0.25, 0.3) is 0 Å². The van der Waals surface area contributed by atoms with Gasteiger partial charge < -0.3 is 5.32 Å². The van der Waals surface area contributed by atoms with E-state index in [0.29, 0.717) is 0 Å². The summed E-state index contributed by atoms with van der Waals surface area (Å²) in [5.41, 5.74) is 1.40. The largest absolute Gasteiger partial charge is 0.312 e. The van der Waals surface area contributed by atoms with E-state index in [1.807, 2.05) is 13.8 Å². The fourth-order valence-electron chi connectivity index (χ4n) is 2.36. The molecule has 116 valence electrons. The van der Waals surface area contributed by atoms with Gasteiger partial charge in [-0.25, -0.2) is 0 Å². The summed E-state index contributed by atoms with van der Waals surface area (Å²) >= 11 is 0. The third-order valence-electron chi connectivity index (χ3n) is 4.02. The molecule has 0 aliphatic heterocycles. The zero-order chi connectivity index (χ0) is 15.8. The first kappa shape index (κ1) is 17.7. The number of nitrogens with one attached hydrogen (secondary N) is 1. The first-order chi connectivity index (χ1) is 9.85. The van der Waals surface area contributed by atoms with E-state index in [-0.39, 0.29) is 11.0 Å². The maximum Gasteiger partial charge on any atom is 0.0683 e. The standard InChI is InChI=1S/C19H30N2/c1-18(2,16-20)13-8-9-15-21-19(3,4)14-12-17-10-6-5-7-11-17/h5-7,10-11,21H,8-9,12-15H2,1-4H3. The molecule has 0 saturated carbocycles. The smallest absolute Gasteiger partial charge is 0.0683 e. The van der Waals surface area contributed by atoms with Crippen LogP contribution in [0.2, 0.25) is 0 Å². The molecule has 21 heavy (non-hydrogen) atoms. The summed E-state index contributed by atoms with van der Waals surface area (Å²) in [6.07, 6.45) is 5.49. The van der Waals surface area contributed by atoms with Gasteiger partial charge in [-0.3, -0.25) is 0 Å². The van der Waals surface area contributed by atoms with Crippen LogP contribution in [0.25, 0.3) is 0 Å². The second kappa shape index (κ2) is 8.20. The van der Waals surface area contributed by atoms with Crippen molar-refractivity contribution in [3.8, 4) is 6.07 Å². The zero-order valence-corrected chi connectivity index (χ0v) is 14.1. The van der Waals surface area contributed by atoms with Crippen LogP contribution in [0.15, 0.2) is 30.3 Å². The highest BCUT2D eigenvalue weighted by Crippen LogP contribution is 2.21. The highest BCUT2D eigenvalue weighted by atomic mass is 14.9. The number of benzene rings is 1. The molecule has 0 amide bonds. The number of hydrogen-bond acceptors (Lipinski definition) is 2. The summed E-state index contributed by atoms with van der Waals surface area (Å²) in [6, 6.07) is 13.0. The summed E-state index contributed by atoms with van der Waals surface area (Å²) in [5.74, 6) is 0. The Morgan fingerprint density at radius 2 is 1.67 bits per heavy atom. The van der Waals surface area contributed by atoms with Gasteiger partial charge in [-0.15, -0.1) is 0 Å². The third kappa shape index (κ3) is 7.87. The Hall–Kier alpha value is -1.33. The van der Waals surface area contributed by atoms with Crippen LogP contribution in [0.3, 0.4) is 0 Å². The van der Waals surface area contributed by atoms with Crippen LogP contribution in [-0.2, 0) is 6.42 Å². The highest BCUT2D eigenvalue weighted by molar-refractivity contribution is 5.15. The van der Waals surface area contributed by atoms with E-state index in [4.69, 9.17) is 5.26 Å². The fraction of sp³-hybridized carbons (Fsp3) is 0.632. The van der Waals surface area contributed by atoms with Crippen molar-refractivity contribution >= 4 is 0 Å². The van der Waals surface area contributed by atoms with E-state index in [0.717, 1.165) is 38.6 Å². The van der Waals surface area contributed by atoms with Crippen LogP contribution in [0.1, 0.15) is 58.9 Å². The third-order valence-corrected chi connectivity index (χ3v) is 4.02. The summed E-state index contributed by atoms with van der Waals surface area (Å²) in [5, 5.41) is 12.6. The highest BCUT2D eigenvalue weighted by Gasteiger charge is 2.18. The van der Waals surface area contributed by atoms with Crippen LogP contribution in [0, 0.1) is 16.7 Å². The maximum atomic E-state index is 8.99.